The van der Waals surface area contributed by atoms with Gasteiger partial charge in [-0.2, -0.15) is 0 Å². The quantitative estimate of drug-likeness (QED) is 0.618. The second-order valence-electron chi connectivity index (χ2n) is 4.21. The van der Waals surface area contributed by atoms with E-state index in [1.807, 2.05) is 31.2 Å². The van der Waals surface area contributed by atoms with Crippen LogP contribution < -0.4 is 5.73 Å². The number of carbonyl (C=O) groups excluding carboxylic acids is 1. The molecule has 2 N–H and O–H groups in total. The van der Waals surface area contributed by atoms with E-state index in [4.69, 9.17) is 10.5 Å². The van der Waals surface area contributed by atoms with Gasteiger partial charge in [0.1, 0.15) is 0 Å². The molecule has 0 amide bonds. The first kappa shape index (κ1) is 15.2. The summed E-state index contributed by atoms with van der Waals surface area (Å²) in [5, 5.41) is 0. The van der Waals surface area contributed by atoms with Gasteiger partial charge in [-0.3, -0.25) is 4.79 Å². The Kier molecular flexibility index (Phi) is 6.98. The van der Waals surface area contributed by atoms with Crippen molar-refractivity contribution < 1.29 is 9.53 Å². The summed E-state index contributed by atoms with van der Waals surface area (Å²) >= 11 is 3.40. The Bertz CT molecular complexity index is 365. The second-order valence-corrected chi connectivity index (χ2v) is 5.12. The molecule has 1 aromatic carbocycles. The number of hydrogen-bond acceptors (Lipinski definition) is 3. The lowest BCUT2D eigenvalue weighted by Crippen LogP contribution is -2.10. The molecule has 4 heteroatoms. The van der Waals surface area contributed by atoms with Crippen LogP contribution in [0.5, 0.6) is 0 Å². The van der Waals surface area contributed by atoms with Crippen molar-refractivity contribution in [2.24, 2.45) is 5.73 Å². The largest absolute Gasteiger partial charge is 0.466 e. The van der Waals surface area contributed by atoms with Crippen molar-refractivity contribution in [3.05, 3.63) is 34.3 Å². The third-order valence-electron chi connectivity index (χ3n) is 2.75. The van der Waals surface area contributed by atoms with E-state index in [2.05, 4.69) is 15.9 Å². The topological polar surface area (TPSA) is 52.3 Å². The van der Waals surface area contributed by atoms with Crippen LogP contribution in [-0.4, -0.2) is 12.6 Å². The monoisotopic (exact) mass is 313 g/mol. The highest BCUT2D eigenvalue weighted by molar-refractivity contribution is 9.10. The van der Waals surface area contributed by atoms with Crippen molar-refractivity contribution in [2.75, 3.05) is 6.61 Å². The summed E-state index contributed by atoms with van der Waals surface area (Å²) in [5.74, 6) is -0.116. The molecule has 0 fully saturated rings. The molecule has 0 aliphatic carbocycles. The molecule has 0 spiro atoms. The summed E-state index contributed by atoms with van der Waals surface area (Å²) in [6, 6.07) is 8.09. The first-order chi connectivity index (χ1) is 8.63. The van der Waals surface area contributed by atoms with Crippen LogP contribution in [0.4, 0.5) is 0 Å². The molecule has 0 saturated heterocycles. The molecule has 3 nitrogen and oxygen atoms in total. The van der Waals surface area contributed by atoms with Crippen LogP contribution in [0.1, 0.15) is 44.2 Å². The number of rotatable bonds is 7. The molecule has 0 aliphatic heterocycles. The molecule has 1 atom stereocenters. The van der Waals surface area contributed by atoms with Crippen LogP contribution in [0.15, 0.2) is 28.7 Å². The Morgan fingerprint density at radius 1 is 1.33 bits per heavy atom. The van der Waals surface area contributed by atoms with Crippen LogP contribution in [0, 0.1) is 0 Å². The molecule has 0 heterocycles. The van der Waals surface area contributed by atoms with E-state index in [9.17, 15) is 4.79 Å². The van der Waals surface area contributed by atoms with Gasteiger partial charge in [0.05, 0.1) is 6.61 Å². The summed E-state index contributed by atoms with van der Waals surface area (Å²) in [5.41, 5.74) is 7.22. The summed E-state index contributed by atoms with van der Waals surface area (Å²) in [6.45, 7) is 2.28. The van der Waals surface area contributed by atoms with Gasteiger partial charge in [-0.1, -0.05) is 34.5 Å². The minimum atomic E-state index is -0.116. The van der Waals surface area contributed by atoms with Gasteiger partial charge in [-0.25, -0.2) is 0 Å². The normalized spacial score (nSPS) is 12.2. The molecule has 18 heavy (non-hydrogen) atoms. The molecule has 0 bridgehead atoms. The predicted molar refractivity (Wildman–Crippen MR) is 76.2 cm³/mol. The first-order valence-corrected chi connectivity index (χ1v) is 7.09. The lowest BCUT2D eigenvalue weighted by Gasteiger charge is -2.11. The average Bonchev–Trinajstić information content (AvgIpc) is 2.35. The predicted octanol–water partition coefficient (Wildman–Crippen LogP) is 3.57. The second kappa shape index (κ2) is 8.27. The molecule has 1 unspecified atom stereocenters. The lowest BCUT2D eigenvalue weighted by molar-refractivity contribution is -0.143. The summed E-state index contributed by atoms with van der Waals surface area (Å²) < 4.78 is 5.93. The fraction of sp³-hybridized carbons (Fsp3) is 0.500. The maximum Gasteiger partial charge on any atom is 0.305 e. The molecular weight excluding hydrogens is 294 g/mol. The molecule has 100 valence electrons. The van der Waals surface area contributed by atoms with E-state index in [1.165, 1.54) is 0 Å². The number of esters is 1. The van der Waals surface area contributed by atoms with Crippen molar-refractivity contribution in [1.29, 1.82) is 0 Å². The number of carbonyl (C=O) groups is 1. The lowest BCUT2D eigenvalue weighted by atomic mass is 10.0. The van der Waals surface area contributed by atoms with Crippen LogP contribution in [0.25, 0.3) is 0 Å². The van der Waals surface area contributed by atoms with Gasteiger partial charge in [0.2, 0.25) is 0 Å². The molecule has 0 radical (unpaired) electrons. The SMILES string of the molecule is CCOC(=O)CCCCC(N)c1ccc(Br)cc1. The minimum absolute atomic E-state index is 0.0419. The van der Waals surface area contributed by atoms with E-state index >= 15 is 0 Å². The fourth-order valence-electron chi connectivity index (χ4n) is 1.74. The maximum atomic E-state index is 11.1. The van der Waals surface area contributed by atoms with Crippen molar-refractivity contribution in [3.8, 4) is 0 Å². The van der Waals surface area contributed by atoms with Gasteiger partial charge in [0.15, 0.2) is 0 Å². The standard InChI is InChI=1S/C14H20BrNO2/c1-2-18-14(17)6-4-3-5-13(16)11-7-9-12(15)10-8-11/h7-10,13H,2-6,16H2,1H3. The van der Waals surface area contributed by atoms with Gasteiger partial charge < -0.3 is 10.5 Å². The van der Waals surface area contributed by atoms with Gasteiger partial charge in [0.25, 0.3) is 0 Å². The third kappa shape index (κ3) is 5.65. The van der Waals surface area contributed by atoms with E-state index < -0.39 is 0 Å². The van der Waals surface area contributed by atoms with Crippen molar-refractivity contribution in [2.45, 2.75) is 38.6 Å². The van der Waals surface area contributed by atoms with Crippen LogP contribution >= 0.6 is 15.9 Å². The van der Waals surface area contributed by atoms with E-state index in [0.717, 1.165) is 29.3 Å². The average molecular weight is 314 g/mol. The fourth-order valence-corrected chi connectivity index (χ4v) is 2.01. The first-order valence-electron chi connectivity index (χ1n) is 6.30. The highest BCUT2D eigenvalue weighted by Gasteiger charge is 2.07. The van der Waals surface area contributed by atoms with E-state index in [1.54, 1.807) is 0 Å². The summed E-state index contributed by atoms with van der Waals surface area (Å²) in [4.78, 5) is 11.1. The van der Waals surface area contributed by atoms with Crippen molar-refractivity contribution in [1.82, 2.24) is 0 Å². The summed E-state index contributed by atoms with van der Waals surface area (Å²) in [6.07, 6.45) is 3.15. The Hall–Kier alpha value is -0.870. The highest BCUT2D eigenvalue weighted by Crippen LogP contribution is 2.19. The van der Waals surface area contributed by atoms with Crippen LogP contribution in [0.2, 0.25) is 0 Å². The highest BCUT2D eigenvalue weighted by atomic mass is 79.9. The molecular formula is C14H20BrNO2. The molecule has 0 aliphatic rings. The Labute approximate surface area is 117 Å². The number of hydrogen-bond donors (Lipinski definition) is 1. The van der Waals surface area contributed by atoms with Crippen molar-refractivity contribution in [3.63, 3.8) is 0 Å². The zero-order chi connectivity index (χ0) is 13.4. The van der Waals surface area contributed by atoms with Crippen LogP contribution in [-0.2, 0) is 9.53 Å². The Morgan fingerprint density at radius 3 is 2.61 bits per heavy atom. The van der Waals surface area contributed by atoms with Gasteiger partial charge in [0, 0.05) is 16.9 Å². The number of unbranched alkanes of at least 4 members (excludes halogenated alkanes) is 1. The number of halogens is 1. The van der Waals surface area contributed by atoms with Crippen LogP contribution in [0.3, 0.4) is 0 Å². The minimum Gasteiger partial charge on any atom is -0.466 e. The number of ether oxygens (including phenoxy) is 1. The smallest absolute Gasteiger partial charge is 0.305 e. The molecule has 1 rings (SSSR count). The number of benzene rings is 1. The molecule has 0 saturated carbocycles. The number of nitrogens with two attached hydrogens (primary N) is 1. The van der Waals surface area contributed by atoms with Gasteiger partial charge in [-0.15, -0.1) is 0 Å². The molecule has 0 aromatic heterocycles. The third-order valence-corrected chi connectivity index (χ3v) is 3.28. The van der Waals surface area contributed by atoms with Crippen molar-refractivity contribution >= 4 is 21.9 Å². The molecule has 1 aromatic rings. The zero-order valence-corrected chi connectivity index (χ0v) is 12.3. The van der Waals surface area contributed by atoms with E-state index in [0.29, 0.717) is 13.0 Å². The van der Waals surface area contributed by atoms with E-state index in [-0.39, 0.29) is 12.0 Å². The van der Waals surface area contributed by atoms with Gasteiger partial charge >= 0.3 is 5.97 Å². The zero-order valence-electron chi connectivity index (χ0n) is 10.7. The van der Waals surface area contributed by atoms with Gasteiger partial charge in [-0.05, 0) is 37.5 Å². The Balaban J connectivity index is 2.23. The maximum absolute atomic E-state index is 11.1. The summed E-state index contributed by atoms with van der Waals surface area (Å²) in [7, 11) is 0. The Morgan fingerprint density at radius 2 is 2.00 bits per heavy atom.